The average Bonchev–Trinajstić information content (AvgIpc) is 3.01. The highest BCUT2D eigenvalue weighted by Gasteiger charge is 2.27. The average molecular weight is 319 g/mol. The monoisotopic (exact) mass is 319 g/mol. The number of benzene rings is 1. The van der Waals surface area contributed by atoms with Crippen molar-refractivity contribution in [2.24, 2.45) is 0 Å². The van der Waals surface area contributed by atoms with Crippen LogP contribution in [0.1, 0.15) is 13.8 Å². The third-order valence-electron chi connectivity index (χ3n) is 4.12. The van der Waals surface area contributed by atoms with E-state index in [4.69, 9.17) is 9.47 Å². The fraction of sp³-hybridized carbons (Fsp3) is 0.500. The van der Waals surface area contributed by atoms with E-state index in [0.29, 0.717) is 32.2 Å². The van der Waals surface area contributed by atoms with Crippen LogP contribution >= 0.6 is 0 Å². The Balaban J connectivity index is 1.71. The number of anilines is 2. The topological polar surface area (TPSA) is 71.1 Å². The highest BCUT2D eigenvalue weighted by atomic mass is 16.5. The summed E-state index contributed by atoms with van der Waals surface area (Å²) in [5.74, 6) is 0.648. The molecule has 0 radical (unpaired) electrons. The largest absolute Gasteiger partial charge is 0.489 e. The number of hydrogen-bond donors (Lipinski definition) is 1. The van der Waals surface area contributed by atoms with E-state index >= 15 is 0 Å². The van der Waals surface area contributed by atoms with Gasteiger partial charge in [0.25, 0.3) is 0 Å². The Bertz CT molecular complexity index is 607. The zero-order valence-electron chi connectivity index (χ0n) is 13.3. The molecule has 2 atom stereocenters. The van der Waals surface area contributed by atoms with Crippen LogP contribution < -0.4 is 19.9 Å². The van der Waals surface area contributed by atoms with E-state index in [-0.39, 0.29) is 18.1 Å². The lowest BCUT2D eigenvalue weighted by Crippen LogP contribution is -2.40. The van der Waals surface area contributed by atoms with E-state index in [9.17, 15) is 9.59 Å². The summed E-state index contributed by atoms with van der Waals surface area (Å²) in [7, 11) is 0. The molecule has 2 aliphatic heterocycles. The Kier molecular flexibility index (Phi) is 4.38. The van der Waals surface area contributed by atoms with Gasteiger partial charge in [-0.15, -0.1) is 0 Å². The molecule has 7 heteroatoms. The number of fused-ring (bicyclic) bond motifs is 1. The van der Waals surface area contributed by atoms with Gasteiger partial charge in [0.2, 0.25) is 12.3 Å². The lowest BCUT2D eigenvalue weighted by molar-refractivity contribution is -0.119. The Labute approximate surface area is 135 Å². The molecule has 1 N–H and O–H groups in total. The molecule has 1 fully saturated rings. The van der Waals surface area contributed by atoms with Crippen molar-refractivity contribution in [3.63, 3.8) is 0 Å². The van der Waals surface area contributed by atoms with Crippen LogP contribution in [0, 0.1) is 0 Å². The van der Waals surface area contributed by atoms with E-state index in [2.05, 4.69) is 10.2 Å². The van der Waals surface area contributed by atoms with Crippen LogP contribution in [0.5, 0.6) is 5.75 Å². The minimum atomic E-state index is -0.0581. The first-order valence-electron chi connectivity index (χ1n) is 7.70. The van der Waals surface area contributed by atoms with Crippen molar-refractivity contribution < 1.29 is 19.1 Å². The fourth-order valence-corrected chi connectivity index (χ4v) is 2.82. The molecule has 1 aromatic carbocycles. The van der Waals surface area contributed by atoms with Gasteiger partial charge in [0.1, 0.15) is 19.1 Å². The molecule has 0 aliphatic carbocycles. The molecule has 0 spiro atoms. The van der Waals surface area contributed by atoms with Crippen molar-refractivity contribution in [3.8, 4) is 5.75 Å². The number of hydrogen-bond acceptors (Lipinski definition) is 5. The molecule has 1 aromatic rings. The van der Waals surface area contributed by atoms with Gasteiger partial charge >= 0.3 is 0 Å². The number of nitrogens with zero attached hydrogens (tertiary/aromatic N) is 2. The predicted molar refractivity (Wildman–Crippen MR) is 85.7 cm³/mol. The molecule has 7 nitrogen and oxygen atoms in total. The molecule has 3 rings (SSSR count). The van der Waals surface area contributed by atoms with Crippen LogP contribution in [0.15, 0.2) is 18.2 Å². The summed E-state index contributed by atoms with van der Waals surface area (Å²) in [6, 6.07) is 5.82. The van der Waals surface area contributed by atoms with Gasteiger partial charge in [0, 0.05) is 31.8 Å². The van der Waals surface area contributed by atoms with E-state index in [1.807, 2.05) is 25.1 Å². The minimum Gasteiger partial charge on any atom is -0.489 e. The van der Waals surface area contributed by atoms with E-state index < -0.39 is 0 Å². The number of rotatable bonds is 4. The van der Waals surface area contributed by atoms with Crippen LogP contribution in [0.3, 0.4) is 0 Å². The van der Waals surface area contributed by atoms with Crippen molar-refractivity contribution in [3.05, 3.63) is 18.2 Å². The Morgan fingerprint density at radius 2 is 2.30 bits per heavy atom. The van der Waals surface area contributed by atoms with Crippen molar-refractivity contribution in [1.82, 2.24) is 5.32 Å². The maximum absolute atomic E-state index is 11.2. The first-order chi connectivity index (χ1) is 11.1. The number of ether oxygens (including phenoxy) is 2. The smallest absolute Gasteiger partial charge is 0.216 e. The number of carbonyl (C=O) groups excluding carboxylic acids is 2. The standard InChI is InChI=1S/C16H21N3O4/c1-11-8-22-16-5-13(3-4-15(16)19(11)9-20)18-7-14(23-10-18)6-17-12(2)21/h3-5,9,11,14H,6-8,10H2,1-2H3,(H,17,21)/t11-,14+/m1/s1. The highest BCUT2D eigenvalue weighted by molar-refractivity contribution is 5.82. The van der Waals surface area contributed by atoms with Crippen LogP contribution in [-0.4, -0.2) is 50.9 Å². The summed E-state index contributed by atoms with van der Waals surface area (Å²) in [5.41, 5.74) is 1.77. The highest BCUT2D eigenvalue weighted by Crippen LogP contribution is 2.36. The molecule has 1 saturated heterocycles. The molecule has 2 amide bonds. The number of nitrogens with one attached hydrogen (secondary N) is 1. The zero-order chi connectivity index (χ0) is 16.4. The molecule has 0 unspecified atom stereocenters. The summed E-state index contributed by atoms with van der Waals surface area (Å²) in [6.07, 6.45) is 0.816. The minimum absolute atomic E-state index is 0.0256. The summed E-state index contributed by atoms with van der Waals surface area (Å²) in [4.78, 5) is 26.0. The lowest BCUT2D eigenvalue weighted by atomic mass is 10.1. The van der Waals surface area contributed by atoms with Crippen molar-refractivity contribution in [2.75, 3.05) is 36.2 Å². The molecule has 0 aromatic heterocycles. The van der Waals surface area contributed by atoms with Gasteiger partial charge in [0.15, 0.2) is 0 Å². The first kappa shape index (κ1) is 15.6. The van der Waals surface area contributed by atoms with Gasteiger partial charge in [-0.25, -0.2) is 0 Å². The lowest BCUT2D eigenvalue weighted by Gasteiger charge is -2.32. The quantitative estimate of drug-likeness (QED) is 0.829. The molecular weight excluding hydrogens is 298 g/mol. The van der Waals surface area contributed by atoms with Gasteiger partial charge in [0.05, 0.1) is 17.8 Å². The Morgan fingerprint density at radius 1 is 1.48 bits per heavy atom. The fourth-order valence-electron chi connectivity index (χ4n) is 2.82. The number of amides is 2. The molecule has 0 saturated carbocycles. The predicted octanol–water partition coefficient (Wildman–Crippen LogP) is 0.729. The summed E-state index contributed by atoms with van der Waals surface area (Å²) in [5, 5.41) is 2.77. The Hall–Kier alpha value is -2.28. The third-order valence-corrected chi connectivity index (χ3v) is 4.12. The molecule has 23 heavy (non-hydrogen) atoms. The molecule has 124 valence electrons. The molecule has 2 heterocycles. The molecule has 0 bridgehead atoms. The van der Waals surface area contributed by atoms with Gasteiger partial charge in [-0.05, 0) is 19.1 Å². The SMILES string of the molecule is CC(=O)NC[C@H]1CN(c2ccc3c(c2)OC[C@@H](C)N3C=O)CO1. The molecule has 2 aliphatic rings. The third kappa shape index (κ3) is 3.24. The van der Waals surface area contributed by atoms with Gasteiger partial charge in [-0.1, -0.05) is 0 Å². The second-order valence-corrected chi connectivity index (χ2v) is 5.90. The van der Waals surface area contributed by atoms with Crippen LogP contribution in [0.2, 0.25) is 0 Å². The first-order valence-corrected chi connectivity index (χ1v) is 7.70. The van der Waals surface area contributed by atoms with Crippen LogP contribution in [0.4, 0.5) is 11.4 Å². The second kappa shape index (κ2) is 6.45. The maximum Gasteiger partial charge on any atom is 0.216 e. The number of carbonyl (C=O) groups is 2. The van der Waals surface area contributed by atoms with Gasteiger partial charge in [-0.2, -0.15) is 0 Å². The van der Waals surface area contributed by atoms with Gasteiger partial charge in [-0.3, -0.25) is 9.59 Å². The summed E-state index contributed by atoms with van der Waals surface area (Å²) in [6.45, 7) is 5.60. The van der Waals surface area contributed by atoms with Gasteiger partial charge < -0.3 is 24.6 Å². The molecular formula is C16H21N3O4. The zero-order valence-corrected chi connectivity index (χ0v) is 13.3. The van der Waals surface area contributed by atoms with Crippen molar-refractivity contribution in [1.29, 1.82) is 0 Å². The van der Waals surface area contributed by atoms with Crippen molar-refractivity contribution >= 4 is 23.7 Å². The second-order valence-electron chi connectivity index (χ2n) is 5.90. The Morgan fingerprint density at radius 3 is 3.04 bits per heavy atom. The summed E-state index contributed by atoms with van der Waals surface area (Å²) >= 11 is 0. The van der Waals surface area contributed by atoms with Crippen molar-refractivity contribution in [2.45, 2.75) is 26.0 Å². The van der Waals surface area contributed by atoms with E-state index in [1.165, 1.54) is 6.92 Å². The van der Waals surface area contributed by atoms with Crippen LogP contribution in [0.25, 0.3) is 0 Å². The maximum atomic E-state index is 11.2. The van der Waals surface area contributed by atoms with E-state index in [0.717, 1.165) is 17.8 Å². The van der Waals surface area contributed by atoms with Crippen LogP contribution in [-0.2, 0) is 14.3 Å². The normalized spacial score (nSPS) is 23.2. The van der Waals surface area contributed by atoms with E-state index in [1.54, 1.807) is 4.90 Å². The summed E-state index contributed by atoms with van der Waals surface area (Å²) < 4.78 is 11.4.